The quantitative estimate of drug-likeness (QED) is 0.545. The third-order valence-electron chi connectivity index (χ3n) is 2.22. The molecule has 84 valence electrons. The van der Waals surface area contributed by atoms with Crippen LogP contribution in [-0.2, 0) is 11.2 Å². The Morgan fingerprint density at radius 1 is 1.40 bits per heavy atom. The summed E-state index contributed by atoms with van der Waals surface area (Å²) in [5.74, 6) is 0.521. The fraction of sp³-hybridized carbons (Fsp3) is 0.583. The van der Waals surface area contributed by atoms with Crippen molar-refractivity contribution >= 4 is 17.3 Å². The molecule has 0 atom stereocenters. The molecule has 15 heavy (non-hydrogen) atoms. The van der Waals surface area contributed by atoms with Crippen molar-refractivity contribution in [1.29, 1.82) is 0 Å². The van der Waals surface area contributed by atoms with Gasteiger partial charge in [-0.1, -0.05) is 26.2 Å². The average Bonchev–Trinajstić information content (AvgIpc) is 2.59. The van der Waals surface area contributed by atoms with Gasteiger partial charge in [0.1, 0.15) is 5.75 Å². The van der Waals surface area contributed by atoms with Crippen LogP contribution in [0.1, 0.15) is 44.4 Å². The Hall–Kier alpha value is -0.830. The van der Waals surface area contributed by atoms with E-state index in [1.165, 1.54) is 37.5 Å². The summed E-state index contributed by atoms with van der Waals surface area (Å²) in [6, 6.07) is 1.88. The van der Waals surface area contributed by atoms with Crippen molar-refractivity contribution in [2.75, 3.05) is 0 Å². The summed E-state index contributed by atoms with van der Waals surface area (Å²) in [4.78, 5) is 12.0. The molecule has 0 aliphatic heterocycles. The maximum Gasteiger partial charge on any atom is 0.308 e. The van der Waals surface area contributed by atoms with Crippen LogP contribution in [0.25, 0.3) is 0 Å². The molecular weight excluding hydrogens is 208 g/mol. The van der Waals surface area contributed by atoms with Gasteiger partial charge in [0.05, 0.1) is 0 Å². The fourth-order valence-electron chi connectivity index (χ4n) is 1.47. The van der Waals surface area contributed by atoms with Gasteiger partial charge in [0.15, 0.2) is 0 Å². The van der Waals surface area contributed by atoms with E-state index in [4.69, 9.17) is 4.74 Å². The molecule has 0 saturated carbocycles. The van der Waals surface area contributed by atoms with Gasteiger partial charge in [0.25, 0.3) is 0 Å². The third kappa shape index (κ3) is 4.47. The highest BCUT2D eigenvalue weighted by Gasteiger charge is 2.07. The minimum Gasteiger partial charge on any atom is -0.426 e. The van der Waals surface area contributed by atoms with Crippen LogP contribution in [0.4, 0.5) is 0 Å². The van der Waals surface area contributed by atoms with Crippen molar-refractivity contribution in [3.8, 4) is 5.75 Å². The molecule has 0 radical (unpaired) electrons. The van der Waals surface area contributed by atoms with Gasteiger partial charge in [-0.25, -0.2) is 0 Å². The summed E-state index contributed by atoms with van der Waals surface area (Å²) in [5, 5.41) is 1.98. The molecule has 1 heterocycles. The first kappa shape index (κ1) is 12.2. The van der Waals surface area contributed by atoms with Crippen molar-refractivity contribution in [3.05, 3.63) is 16.3 Å². The Kier molecular flexibility index (Phi) is 5.40. The Balaban J connectivity index is 2.39. The normalized spacial score (nSPS) is 10.3. The molecule has 2 nitrogen and oxygen atoms in total. The van der Waals surface area contributed by atoms with Gasteiger partial charge in [-0.3, -0.25) is 4.79 Å². The zero-order valence-corrected chi connectivity index (χ0v) is 10.2. The molecule has 0 fully saturated rings. The van der Waals surface area contributed by atoms with Gasteiger partial charge in [0.2, 0.25) is 0 Å². The molecule has 0 unspecified atom stereocenters. The first-order chi connectivity index (χ1) is 7.24. The van der Waals surface area contributed by atoms with E-state index in [0.29, 0.717) is 0 Å². The SMILES string of the molecule is CCCCCCc1sccc1OC(C)=O. The van der Waals surface area contributed by atoms with E-state index in [1.807, 2.05) is 11.4 Å². The van der Waals surface area contributed by atoms with Crippen LogP contribution < -0.4 is 4.74 Å². The largest absolute Gasteiger partial charge is 0.426 e. The first-order valence-electron chi connectivity index (χ1n) is 5.48. The first-order valence-corrected chi connectivity index (χ1v) is 6.36. The molecule has 0 spiro atoms. The highest BCUT2D eigenvalue weighted by molar-refractivity contribution is 7.10. The number of rotatable bonds is 6. The van der Waals surface area contributed by atoms with E-state index in [2.05, 4.69) is 6.92 Å². The Morgan fingerprint density at radius 2 is 2.20 bits per heavy atom. The molecule has 1 aromatic rings. The second kappa shape index (κ2) is 6.62. The van der Waals surface area contributed by atoms with E-state index < -0.39 is 0 Å². The zero-order chi connectivity index (χ0) is 11.1. The maximum atomic E-state index is 10.8. The standard InChI is InChI=1S/C12H18O2S/c1-3-4-5-6-7-12-11(8-9-15-12)14-10(2)13/h8-9H,3-7H2,1-2H3. The molecule has 3 heteroatoms. The van der Waals surface area contributed by atoms with Crippen LogP contribution >= 0.6 is 11.3 Å². The summed E-state index contributed by atoms with van der Waals surface area (Å²) in [6.45, 7) is 3.65. The van der Waals surface area contributed by atoms with Crippen molar-refractivity contribution < 1.29 is 9.53 Å². The monoisotopic (exact) mass is 226 g/mol. The summed E-state index contributed by atoms with van der Waals surface area (Å²) in [6.07, 6.45) is 6.01. The van der Waals surface area contributed by atoms with Gasteiger partial charge in [-0.2, -0.15) is 0 Å². The smallest absolute Gasteiger partial charge is 0.308 e. The number of thiophene rings is 1. The van der Waals surface area contributed by atoms with Crippen LogP contribution in [0, 0.1) is 0 Å². The van der Waals surface area contributed by atoms with Crippen molar-refractivity contribution in [2.45, 2.75) is 46.0 Å². The predicted molar refractivity (Wildman–Crippen MR) is 63.5 cm³/mol. The summed E-state index contributed by atoms with van der Waals surface area (Å²) in [7, 11) is 0. The van der Waals surface area contributed by atoms with Crippen LogP contribution in [0.5, 0.6) is 5.75 Å². The minimum absolute atomic E-state index is 0.233. The topological polar surface area (TPSA) is 26.3 Å². The predicted octanol–water partition coefficient (Wildman–Crippen LogP) is 3.80. The van der Waals surface area contributed by atoms with E-state index in [0.717, 1.165) is 12.2 Å². The van der Waals surface area contributed by atoms with Gasteiger partial charge in [-0.05, 0) is 24.3 Å². The molecule has 0 N–H and O–H groups in total. The molecule has 0 aliphatic carbocycles. The number of hydrogen-bond donors (Lipinski definition) is 0. The second-order valence-electron chi connectivity index (χ2n) is 3.61. The molecule has 1 aromatic heterocycles. The number of hydrogen-bond acceptors (Lipinski definition) is 3. The molecule has 0 bridgehead atoms. The van der Waals surface area contributed by atoms with Gasteiger partial charge in [0, 0.05) is 11.8 Å². The second-order valence-corrected chi connectivity index (χ2v) is 4.61. The molecule has 0 saturated heterocycles. The highest BCUT2D eigenvalue weighted by atomic mass is 32.1. The molecule has 1 rings (SSSR count). The molecule has 0 aliphatic rings. The van der Waals surface area contributed by atoms with Crippen molar-refractivity contribution in [2.24, 2.45) is 0 Å². The lowest BCUT2D eigenvalue weighted by Crippen LogP contribution is -2.02. The third-order valence-corrected chi connectivity index (χ3v) is 3.18. The fourth-order valence-corrected chi connectivity index (χ4v) is 2.31. The summed E-state index contributed by atoms with van der Waals surface area (Å²) >= 11 is 1.67. The number of unbranched alkanes of at least 4 members (excludes halogenated alkanes) is 3. The zero-order valence-electron chi connectivity index (χ0n) is 9.41. The molecular formula is C12H18O2S. The number of carbonyl (C=O) groups is 1. The Bertz CT molecular complexity index is 304. The van der Waals surface area contributed by atoms with Gasteiger partial charge < -0.3 is 4.74 Å². The number of ether oxygens (including phenoxy) is 1. The maximum absolute atomic E-state index is 10.8. The van der Waals surface area contributed by atoms with Gasteiger partial charge in [-0.15, -0.1) is 11.3 Å². The van der Waals surface area contributed by atoms with Crippen LogP contribution in [0.15, 0.2) is 11.4 Å². The van der Waals surface area contributed by atoms with Crippen LogP contribution in [0.2, 0.25) is 0 Å². The lowest BCUT2D eigenvalue weighted by Gasteiger charge is -2.02. The van der Waals surface area contributed by atoms with Crippen LogP contribution in [0.3, 0.4) is 0 Å². The number of carbonyl (C=O) groups excluding carboxylic acids is 1. The van der Waals surface area contributed by atoms with E-state index in [-0.39, 0.29) is 5.97 Å². The summed E-state index contributed by atoms with van der Waals surface area (Å²) in [5.41, 5.74) is 0. The summed E-state index contributed by atoms with van der Waals surface area (Å²) < 4.78 is 5.11. The van der Waals surface area contributed by atoms with E-state index >= 15 is 0 Å². The average molecular weight is 226 g/mol. The lowest BCUT2D eigenvalue weighted by molar-refractivity contribution is -0.131. The molecule has 0 aromatic carbocycles. The number of esters is 1. The van der Waals surface area contributed by atoms with Crippen LogP contribution in [-0.4, -0.2) is 5.97 Å². The lowest BCUT2D eigenvalue weighted by atomic mass is 10.1. The molecule has 0 amide bonds. The van der Waals surface area contributed by atoms with Crippen molar-refractivity contribution in [3.63, 3.8) is 0 Å². The van der Waals surface area contributed by atoms with Gasteiger partial charge >= 0.3 is 5.97 Å². The van der Waals surface area contributed by atoms with Crippen molar-refractivity contribution in [1.82, 2.24) is 0 Å². The minimum atomic E-state index is -0.233. The Morgan fingerprint density at radius 3 is 2.87 bits per heavy atom. The van der Waals surface area contributed by atoms with E-state index in [9.17, 15) is 4.79 Å². The number of aryl methyl sites for hydroxylation is 1. The van der Waals surface area contributed by atoms with E-state index in [1.54, 1.807) is 11.3 Å². The highest BCUT2D eigenvalue weighted by Crippen LogP contribution is 2.26. The Labute approximate surface area is 95.3 Å².